The Morgan fingerprint density at radius 1 is 0.524 bits per heavy atom. The fraction of sp³-hybridized carbons (Fsp3) is 0.130. The van der Waals surface area contributed by atoms with Crippen LogP contribution in [-0.2, 0) is 28.1 Å². The summed E-state index contributed by atoms with van der Waals surface area (Å²) in [6.07, 6.45) is 5.01. The number of rotatable bonds is 4. The third kappa shape index (κ3) is 17.2. The molecule has 4 aromatic heterocycles. The van der Waals surface area contributed by atoms with E-state index in [1.807, 2.05) is 42.5 Å². The molecule has 0 bridgehead atoms. The van der Waals surface area contributed by atoms with Gasteiger partial charge < -0.3 is 20.8 Å². The first-order valence-corrected chi connectivity index (χ1v) is 12.8. The van der Waals surface area contributed by atoms with Gasteiger partial charge in [-0.2, -0.15) is 0 Å². The average Bonchev–Trinajstić information content (AvgIpc) is 2.94. The molecule has 0 saturated carbocycles. The van der Waals surface area contributed by atoms with Crippen LogP contribution in [0.25, 0.3) is 11.4 Å². The van der Waals surface area contributed by atoms with Gasteiger partial charge in [0, 0.05) is 32.8 Å². The van der Waals surface area contributed by atoms with Crippen LogP contribution in [0.4, 0.5) is 0 Å². The van der Waals surface area contributed by atoms with Crippen molar-refractivity contribution in [2.75, 3.05) is 14.2 Å². The largest absolute Gasteiger partial charge is 2.00 e. The number of aliphatic hydroxyl groups excluding tert-OH is 2. The standard InChI is InChI=1S/C21H16N4O.2CH4O.2ClHO4.Cu.H2O/c26-21(18-10-2-5-14-23-18,19-11-3-6-15-24-19)20-12-7-9-17(25-20)16-8-1-4-13-22-16;2*1-2;2*2-1(3,4)5;;/h1-15,26H;2*2H,1H3;2*(H,2,3,4,5);;1H2/q;;;;;+2;/p-1. The van der Waals surface area contributed by atoms with Gasteiger partial charge in [-0.15, -0.1) is 20.5 Å². The maximum Gasteiger partial charge on any atom is 2.00 e. The second-order valence-electron chi connectivity index (χ2n) is 6.52. The van der Waals surface area contributed by atoms with Crippen molar-refractivity contribution < 1.29 is 95.6 Å². The molecule has 0 aliphatic carbocycles. The summed E-state index contributed by atoms with van der Waals surface area (Å²) in [7, 11) is -7.89. The van der Waals surface area contributed by atoms with E-state index in [0.29, 0.717) is 22.8 Å². The van der Waals surface area contributed by atoms with Gasteiger partial charge in [0.05, 0.1) is 28.5 Å². The predicted molar refractivity (Wildman–Crippen MR) is 119 cm³/mol. The molecule has 0 saturated heterocycles. The van der Waals surface area contributed by atoms with Crippen LogP contribution in [0.1, 0.15) is 17.1 Å². The van der Waals surface area contributed by atoms with Crippen molar-refractivity contribution >= 4 is 0 Å². The molecule has 0 atom stereocenters. The summed E-state index contributed by atoms with van der Waals surface area (Å²) in [5, 5.41) is 25.7. The molecule has 235 valence electrons. The minimum Gasteiger partial charge on any atom is -0.457 e. The minimum absolute atomic E-state index is 0. The first kappa shape index (κ1) is 43.7. The van der Waals surface area contributed by atoms with E-state index < -0.39 is 26.1 Å². The van der Waals surface area contributed by atoms with Crippen molar-refractivity contribution in [3.63, 3.8) is 0 Å². The van der Waals surface area contributed by atoms with Gasteiger partial charge in [-0.05, 0) is 48.5 Å². The van der Waals surface area contributed by atoms with Gasteiger partial charge >= 0.3 is 17.1 Å². The fourth-order valence-electron chi connectivity index (χ4n) is 2.84. The monoisotopic (exact) mass is 684 g/mol. The van der Waals surface area contributed by atoms with Crippen LogP contribution >= 0.6 is 0 Å². The summed E-state index contributed by atoms with van der Waals surface area (Å²) in [5.41, 5.74) is 1.21. The molecule has 0 amide bonds. The van der Waals surface area contributed by atoms with Crippen molar-refractivity contribution in [1.82, 2.24) is 19.9 Å². The zero-order valence-electron chi connectivity index (χ0n) is 21.7. The average molecular weight is 686 g/mol. The van der Waals surface area contributed by atoms with Crippen LogP contribution in [0.15, 0.2) is 91.4 Å². The molecule has 16 nitrogen and oxygen atoms in total. The number of nitrogens with zero attached hydrogens (tertiary/aromatic N) is 4. The van der Waals surface area contributed by atoms with E-state index in [-0.39, 0.29) is 22.5 Å². The maximum atomic E-state index is 11.7. The molecule has 0 unspecified atom stereocenters. The van der Waals surface area contributed by atoms with Gasteiger partial charge in [-0.3, -0.25) is 15.0 Å². The Morgan fingerprint density at radius 2 is 0.857 bits per heavy atom. The van der Waals surface area contributed by atoms with E-state index in [1.54, 1.807) is 48.9 Å². The molecular formula is C23H27Cl2CuN4O12+. The predicted octanol–water partition coefficient (Wildman–Crippen LogP) is -8.00. The third-order valence-electron chi connectivity index (χ3n) is 4.12. The molecule has 1 radical (unpaired) electrons. The molecule has 0 fully saturated rings. The third-order valence-corrected chi connectivity index (χ3v) is 4.12. The van der Waals surface area contributed by atoms with Crippen LogP contribution in [0.2, 0.25) is 0 Å². The number of pyridine rings is 4. The van der Waals surface area contributed by atoms with E-state index in [9.17, 15) is 5.11 Å². The van der Waals surface area contributed by atoms with Crippen LogP contribution < -0.4 is 37.3 Å². The van der Waals surface area contributed by atoms with E-state index >= 15 is 0 Å². The first-order chi connectivity index (χ1) is 18.8. The maximum absolute atomic E-state index is 11.7. The zero-order valence-corrected chi connectivity index (χ0v) is 24.1. The summed E-state index contributed by atoms with van der Waals surface area (Å²) in [5.74, 6) is 0. The molecule has 4 heterocycles. The Kier molecular flexibility index (Phi) is 22.7. The van der Waals surface area contributed by atoms with E-state index in [4.69, 9.17) is 47.5 Å². The normalized spacial score (nSPS) is 10.1. The molecular weight excluding hydrogens is 659 g/mol. The summed E-state index contributed by atoms with van der Waals surface area (Å²) < 4.78 is 67.9. The number of aliphatic hydroxyl groups is 3. The number of halogens is 2. The van der Waals surface area contributed by atoms with Crippen LogP contribution in [-0.4, -0.2) is 49.5 Å². The van der Waals surface area contributed by atoms with Gasteiger partial charge in [0.15, 0.2) is 5.60 Å². The second kappa shape index (κ2) is 21.9. The van der Waals surface area contributed by atoms with E-state index in [1.165, 1.54) is 0 Å². The zero-order chi connectivity index (χ0) is 30.8. The summed E-state index contributed by atoms with van der Waals surface area (Å²) in [6.45, 7) is 0. The van der Waals surface area contributed by atoms with Gasteiger partial charge in [-0.25, -0.2) is 42.3 Å². The van der Waals surface area contributed by atoms with Gasteiger partial charge in [0.2, 0.25) is 0 Å². The smallest absolute Gasteiger partial charge is 0.457 e. The van der Waals surface area contributed by atoms with Crippen molar-refractivity contribution in [2.24, 2.45) is 0 Å². The molecule has 4 aromatic rings. The number of aromatic nitrogens is 4. The Morgan fingerprint density at radius 3 is 1.19 bits per heavy atom. The molecule has 0 aliphatic heterocycles. The Bertz CT molecular complexity index is 1150. The molecule has 42 heavy (non-hydrogen) atoms. The van der Waals surface area contributed by atoms with Gasteiger partial charge in [0.1, 0.15) is 0 Å². The molecule has 4 rings (SSSR count). The first-order valence-electron chi connectivity index (χ1n) is 10.4. The number of hydrogen-bond acceptors (Lipinski definition) is 15. The van der Waals surface area contributed by atoms with Crippen molar-refractivity contribution in [1.29, 1.82) is 0 Å². The van der Waals surface area contributed by atoms with Gasteiger partial charge in [0.25, 0.3) is 0 Å². The summed E-state index contributed by atoms with van der Waals surface area (Å²) in [4.78, 5) is 17.7. The van der Waals surface area contributed by atoms with Crippen LogP contribution in [0, 0.1) is 20.5 Å². The molecule has 0 spiro atoms. The molecule has 6 N–H and O–H groups in total. The van der Waals surface area contributed by atoms with Crippen LogP contribution in [0.5, 0.6) is 0 Å². The second-order valence-corrected chi connectivity index (χ2v) is 8.03. The summed E-state index contributed by atoms with van der Waals surface area (Å²) in [6, 6.07) is 21.9. The molecule has 0 aliphatic rings. The van der Waals surface area contributed by atoms with Crippen molar-refractivity contribution in [3.8, 4) is 11.4 Å². The number of hydrogen-bond donors (Lipinski definition) is 3. The van der Waals surface area contributed by atoms with E-state index in [0.717, 1.165) is 19.9 Å². The Balaban J connectivity index is -0.000000811. The van der Waals surface area contributed by atoms with Gasteiger partial charge in [-0.1, -0.05) is 24.3 Å². The molecule has 19 heteroatoms. The van der Waals surface area contributed by atoms with Crippen molar-refractivity contribution in [3.05, 3.63) is 108 Å². The minimum atomic E-state index is -4.94. The summed E-state index contributed by atoms with van der Waals surface area (Å²) >= 11 is 0. The Labute approximate surface area is 254 Å². The molecule has 0 aromatic carbocycles. The van der Waals surface area contributed by atoms with Crippen molar-refractivity contribution in [2.45, 2.75) is 5.60 Å². The van der Waals surface area contributed by atoms with Crippen LogP contribution in [0.3, 0.4) is 0 Å². The fourth-order valence-corrected chi connectivity index (χ4v) is 2.84. The van der Waals surface area contributed by atoms with E-state index in [2.05, 4.69) is 19.9 Å². The quantitative estimate of drug-likeness (QED) is 0.133. The SMILES string of the molecule is CO.CO.OC(c1ccccn1)(c1ccccn1)c1cccc(-c2ccccn2)n1.[Cu+2].[O-][Cl+3]([O-])([O-])[O-].[O-][Cl+3]([O-])([O-])[O-].[OH3+]. The topological polar surface area (TPSA) is 330 Å². The Hall–Kier alpha value is -2.78.